The summed E-state index contributed by atoms with van der Waals surface area (Å²) < 4.78 is 0. The molecule has 2 aliphatic heterocycles. The zero-order valence-corrected chi connectivity index (χ0v) is 13.6. The van der Waals surface area contributed by atoms with Crippen LogP contribution in [-0.2, 0) is 10.2 Å². The first-order chi connectivity index (χ1) is 11.6. The number of benzene rings is 1. The summed E-state index contributed by atoms with van der Waals surface area (Å²) in [5.74, 6) is 0.166. The number of carbonyl (C=O) groups excluding carboxylic acids is 2. The van der Waals surface area contributed by atoms with Crippen LogP contribution in [0.1, 0.15) is 28.8 Å². The van der Waals surface area contributed by atoms with Crippen molar-refractivity contribution in [2.24, 2.45) is 0 Å². The van der Waals surface area contributed by atoms with Crippen molar-refractivity contribution in [3.05, 3.63) is 59.9 Å². The fraction of sp³-hybridized carbons (Fsp3) is 0.316. The van der Waals surface area contributed by atoms with Crippen molar-refractivity contribution >= 4 is 17.5 Å². The maximum atomic E-state index is 12.9. The number of likely N-dealkylation sites (N-methyl/N-ethyl adjacent to an activating group) is 1. The van der Waals surface area contributed by atoms with Crippen molar-refractivity contribution in [1.29, 1.82) is 0 Å². The van der Waals surface area contributed by atoms with Crippen molar-refractivity contribution in [2.45, 2.75) is 18.3 Å². The Balaban J connectivity index is 1.58. The van der Waals surface area contributed by atoms with Crippen LogP contribution in [0.4, 0.5) is 5.69 Å². The third-order valence-corrected chi connectivity index (χ3v) is 5.33. The fourth-order valence-corrected chi connectivity index (χ4v) is 3.97. The molecule has 1 aromatic heterocycles. The van der Waals surface area contributed by atoms with Gasteiger partial charge in [0.1, 0.15) is 0 Å². The number of para-hydroxylation sites is 1. The molecule has 0 saturated carbocycles. The van der Waals surface area contributed by atoms with Gasteiger partial charge in [-0.05, 0) is 36.6 Å². The molecule has 1 spiro atoms. The summed E-state index contributed by atoms with van der Waals surface area (Å²) in [6.45, 7) is 1.18. The number of likely N-dealkylation sites (tertiary alicyclic amines) is 1. The zero-order chi connectivity index (χ0) is 16.7. The minimum atomic E-state index is -0.472. The smallest absolute Gasteiger partial charge is 0.253 e. The molecule has 0 aliphatic carbocycles. The number of fused-ring (bicyclic) bond motifs is 2. The predicted molar refractivity (Wildman–Crippen MR) is 90.9 cm³/mol. The van der Waals surface area contributed by atoms with E-state index >= 15 is 0 Å². The van der Waals surface area contributed by atoms with E-state index < -0.39 is 5.41 Å². The number of piperidine rings is 1. The van der Waals surface area contributed by atoms with Gasteiger partial charge >= 0.3 is 0 Å². The molecule has 5 nitrogen and oxygen atoms in total. The second kappa shape index (κ2) is 5.44. The average molecular weight is 321 g/mol. The van der Waals surface area contributed by atoms with E-state index in [1.807, 2.05) is 30.1 Å². The highest BCUT2D eigenvalue weighted by molar-refractivity contribution is 6.08. The molecule has 0 radical (unpaired) electrons. The number of anilines is 1. The molecule has 1 aromatic carbocycles. The Labute approximate surface area is 140 Å². The summed E-state index contributed by atoms with van der Waals surface area (Å²) in [7, 11) is 1.84. The monoisotopic (exact) mass is 321 g/mol. The Bertz CT molecular complexity index is 795. The molecule has 0 bridgehead atoms. The SMILES string of the molecule is CN1C(=O)C2(CCN(C(=O)c3ccncc3)CC2)c2ccccc21. The Kier molecular flexibility index (Phi) is 3.37. The van der Waals surface area contributed by atoms with Crippen LogP contribution in [0.15, 0.2) is 48.8 Å². The lowest BCUT2D eigenvalue weighted by atomic mass is 9.73. The van der Waals surface area contributed by atoms with Crippen LogP contribution in [0, 0.1) is 0 Å². The van der Waals surface area contributed by atoms with Crippen LogP contribution in [0.3, 0.4) is 0 Å². The van der Waals surface area contributed by atoms with Gasteiger partial charge in [0, 0.05) is 43.8 Å². The number of carbonyl (C=O) groups is 2. The van der Waals surface area contributed by atoms with E-state index in [-0.39, 0.29) is 11.8 Å². The van der Waals surface area contributed by atoms with Gasteiger partial charge < -0.3 is 9.80 Å². The number of pyridine rings is 1. The van der Waals surface area contributed by atoms with Crippen molar-refractivity contribution in [3.8, 4) is 0 Å². The number of hydrogen-bond donors (Lipinski definition) is 0. The van der Waals surface area contributed by atoms with E-state index in [2.05, 4.69) is 11.1 Å². The van der Waals surface area contributed by atoms with Gasteiger partial charge in [0.25, 0.3) is 5.91 Å². The largest absolute Gasteiger partial charge is 0.339 e. The average Bonchev–Trinajstić information content (AvgIpc) is 2.85. The lowest BCUT2D eigenvalue weighted by Gasteiger charge is -2.38. The maximum Gasteiger partial charge on any atom is 0.253 e. The van der Waals surface area contributed by atoms with Gasteiger partial charge in [0.05, 0.1) is 5.41 Å². The minimum absolute atomic E-state index is 0.0133. The summed E-state index contributed by atoms with van der Waals surface area (Å²) in [5, 5.41) is 0. The zero-order valence-electron chi connectivity index (χ0n) is 13.6. The predicted octanol–water partition coefficient (Wildman–Crippen LogP) is 2.23. The van der Waals surface area contributed by atoms with E-state index in [4.69, 9.17) is 0 Å². The highest BCUT2D eigenvalue weighted by atomic mass is 16.2. The first-order valence-corrected chi connectivity index (χ1v) is 8.20. The number of nitrogens with zero attached hydrogens (tertiary/aromatic N) is 3. The Morgan fingerprint density at radius 1 is 1.08 bits per heavy atom. The molecule has 2 aromatic rings. The van der Waals surface area contributed by atoms with Gasteiger partial charge in [-0.25, -0.2) is 0 Å². The van der Waals surface area contributed by atoms with Crippen molar-refractivity contribution < 1.29 is 9.59 Å². The summed E-state index contributed by atoms with van der Waals surface area (Å²) >= 11 is 0. The van der Waals surface area contributed by atoms with E-state index in [1.54, 1.807) is 29.4 Å². The topological polar surface area (TPSA) is 53.5 Å². The van der Waals surface area contributed by atoms with E-state index in [1.165, 1.54) is 0 Å². The van der Waals surface area contributed by atoms with Gasteiger partial charge in [-0.3, -0.25) is 14.6 Å². The number of amides is 2. The fourth-order valence-electron chi connectivity index (χ4n) is 3.97. The Morgan fingerprint density at radius 2 is 1.75 bits per heavy atom. The Morgan fingerprint density at radius 3 is 2.46 bits per heavy atom. The quantitative estimate of drug-likeness (QED) is 0.809. The van der Waals surface area contributed by atoms with Gasteiger partial charge in [-0.15, -0.1) is 0 Å². The third-order valence-electron chi connectivity index (χ3n) is 5.33. The third kappa shape index (κ3) is 2.04. The lowest BCUT2D eigenvalue weighted by Crippen LogP contribution is -2.49. The van der Waals surface area contributed by atoms with Crippen molar-refractivity contribution in [1.82, 2.24) is 9.88 Å². The van der Waals surface area contributed by atoms with E-state index in [9.17, 15) is 9.59 Å². The van der Waals surface area contributed by atoms with Gasteiger partial charge in [-0.1, -0.05) is 18.2 Å². The highest BCUT2D eigenvalue weighted by Gasteiger charge is 2.51. The molecule has 2 aliphatic rings. The molecule has 0 atom stereocenters. The highest BCUT2D eigenvalue weighted by Crippen LogP contribution is 2.47. The minimum Gasteiger partial charge on any atom is -0.339 e. The Hall–Kier alpha value is -2.69. The van der Waals surface area contributed by atoms with Gasteiger partial charge in [0.15, 0.2) is 0 Å². The first kappa shape index (κ1) is 14.9. The van der Waals surface area contributed by atoms with Crippen LogP contribution in [0.2, 0.25) is 0 Å². The van der Waals surface area contributed by atoms with Crippen LogP contribution in [-0.4, -0.2) is 41.8 Å². The van der Waals surface area contributed by atoms with Gasteiger partial charge in [0.2, 0.25) is 5.91 Å². The van der Waals surface area contributed by atoms with E-state index in [0.717, 1.165) is 11.3 Å². The lowest BCUT2D eigenvalue weighted by molar-refractivity contribution is -0.124. The number of hydrogen-bond acceptors (Lipinski definition) is 3. The molecule has 0 N–H and O–H groups in total. The summed E-state index contributed by atoms with van der Waals surface area (Å²) in [6, 6.07) is 11.5. The molecule has 0 unspecified atom stereocenters. The molecule has 24 heavy (non-hydrogen) atoms. The number of aromatic nitrogens is 1. The summed E-state index contributed by atoms with van der Waals surface area (Å²) in [5.41, 5.74) is 2.28. The second-order valence-electron chi connectivity index (χ2n) is 6.49. The standard InChI is InChI=1S/C19H19N3O2/c1-21-16-5-3-2-4-15(16)19(18(21)24)8-12-22(13-9-19)17(23)14-6-10-20-11-7-14/h2-7,10-11H,8-9,12-13H2,1H3. The van der Waals surface area contributed by atoms with Crippen LogP contribution < -0.4 is 4.90 Å². The van der Waals surface area contributed by atoms with Gasteiger partial charge in [-0.2, -0.15) is 0 Å². The molecular formula is C19H19N3O2. The summed E-state index contributed by atoms with van der Waals surface area (Å²) in [6.07, 6.45) is 4.60. The van der Waals surface area contributed by atoms with Crippen LogP contribution in [0.5, 0.6) is 0 Å². The van der Waals surface area contributed by atoms with E-state index in [0.29, 0.717) is 31.5 Å². The van der Waals surface area contributed by atoms with Crippen LogP contribution >= 0.6 is 0 Å². The number of rotatable bonds is 1. The molecule has 3 heterocycles. The molecule has 4 rings (SSSR count). The molecule has 1 saturated heterocycles. The second-order valence-corrected chi connectivity index (χ2v) is 6.49. The summed E-state index contributed by atoms with van der Waals surface area (Å²) in [4.78, 5) is 33.1. The van der Waals surface area contributed by atoms with Crippen molar-refractivity contribution in [2.75, 3.05) is 25.0 Å². The normalized spacial score (nSPS) is 18.8. The molecule has 122 valence electrons. The van der Waals surface area contributed by atoms with Crippen molar-refractivity contribution in [3.63, 3.8) is 0 Å². The molecule has 2 amide bonds. The molecular weight excluding hydrogens is 302 g/mol. The molecule has 1 fully saturated rings. The maximum absolute atomic E-state index is 12.9. The first-order valence-electron chi connectivity index (χ1n) is 8.20. The van der Waals surface area contributed by atoms with Crippen LogP contribution in [0.25, 0.3) is 0 Å². The molecule has 5 heteroatoms.